The summed E-state index contributed by atoms with van der Waals surface area (Å²) in [6.07, 6.45) is 6.37. The SMILES string of the molecule is C[C@@H](/C=C/CCn1cc(C(CO)c2ccccc2)nn1)[C@]1(O)C(=O)N(C)c2ccc(I)cc21. The number of fused-ring (bicyclic) bond motifs is 1. The van der Waals surface area contributed by atoms with Crippen LogP contribution in [-0.4, -0.2) is 44.8 Å². The highest BCUT2D eigenvalue weighted by molar-refractivity contribution is 14.1. The summed E-state index contributed by atoms with van der Waals surface area (Å²) < 4.78 is 2.72. The molecule has 0 fully saturated rings. The number of aromatic nitrogens is 3. The first-order valence-corrected chi connectivity index (χ1v) is 12.0. The molecule has 1 aliphatic heterocycles. The van der Waals surface area contributed by atoms with E-state index < -0.39 is 11.5 Å². The van der Waals surface area contributed by atoms with E-state index in [4.69, 9.17) is 0 Å². The summed E-state index contributed by atoms with van der Waals surface area (Å²) in [5.74, 6) is -0.915. The Balaban J connectivity index is 1.42. The third-order valence-corrected chi connectivity index (χ3v) is 6.94. The summed E-state index contributed by atoms with van der Waals surface area (Å²) in [5.41, 5.74) is 1.54. The molecule has 0 spiro atoms. The molecule has 0 bridgehead atoms. The van der Waals surface area contributed by atoms with Crippen molar-refractivity contribution >= 4 is 34.2 Å². The van der Waals surface area contributed by atoms with Crippen LogP contribution in [0.25, 0.3) is 0 Å². The second-order valence-electron chi connectivity index (χ2n) is 8.35. The van der Waals surface area contributed by atoms with Gasteiger partial charge in [0, 0.05) is 34.8 Å². The molecule has 0 saturated heterocycles. The van der Waals surface area contributed by atoms with Gasteiger partial charge in [-0.05, 0) is 52.8 Å². The standard InChI is InChI=1S/C25H27IN4O3/c1-17(25(33)21-14-19(26)11-12-23(21)29(2)24(25)32)8-6-7-13-30-15-22(27-28-30)20(16-31)18-9-4-3-5-10-18/h3-6,8-12,14-15,17,20,31,33H,7,13,16H2,1-2H3/b8-6+/t17-,20?,25+/m0/s1. The Kier molecular flexibility index (Phi) is 6.96. The van der Waals surface area contributed by atoms with Crippen LogP contribution in [0.3, 0.4) is 0 Å². The maximum absolute atomic E-state index is 12.9. The fourth-order valence-electron chi connectivity index (χ4n) is 4.31. The maximum atomic E-state index is 12.9. The lowest BCUT2D eigenvalue weighted by Gasteiger charge is -2.27. The zero-order valence-corrected chi connectivity index (χ0v) is 20.8. The van der Waals surface area contributed by atoms with Gasteiger partial charge in [-0.15, -0.1) is 5.10 Å². The lowest BCUT2D eigenvalue weighted by atomic mass is 9.83. The molecule has 8 heteroatoms. The van der Waals surface area contributed by atoms with Crippen LogP contribution in [-0.2, 0) is 16.9 Å². The monoisotopic (exact) mass is 558 g/mol. The van der Waals surface area contributed by atoms with E-state index in [1.54, 1.807) is 11.7 Å². The van der Waals surface area contributed by atoms with Gasteiger partial charge in [0.1, 0.15) is 0 Å². The van der Waals surface area contributed by atoms with Crippen molar-refractivity contribution in [2.75, 3.05) is 18.6 Å². The summed E-state index contributed by atoms with van der Waals surface area (Å²) in [4.78, 5) is 14.4. The van der Waals surface area contributed by atoms with Crippen LogP contribution in [0, 0.1) is 9.49 Å². The van der Waals surface area contributed by atoms with Gasteiger partial charge in [0.05, 0.1) is 23.9 Å². The predicted octanol–water partition coefficient (Wildman–Crippen LogP) is 3.45. The topological polar surface area (TPSA) is 91.5 Å². The zero-order chi connectivity index (χ0) is 23.6. The van der Waals surface area contributed by atoms with Crippen LogP contribution < -0.4 is 4.90 Å². The average Bonchev–Trinajstić information content (AvgIpc) is 3.36. The van der Waals surface area contributed by atoms with Crippen molar-refractivity contribution < 1.29 is 15.0 Å². The van der Waals surface area contributed by atoms with E-state index in [2.05, 4.69) is 32.9 Å². The van der Waals surface area contributed by atoms with Crippen molar-refractivity contribution in [1.82, 2.24) is 15.0 Å². The number of halogens is 1. The molecule has 7 nitrogen and oxygen atoms in total. The van der Waals surface area contributed by atoms with E-state index in [1.807, 2.05) is 73.8 Å². The van der Waals surface area contributed by atoms with Gasteiger partial charge in [0.25, 0.3) is 5.91 Å². The van der Waals surface area contributed by atoms with Gasteiger partial charge in [0.2, 0.25) is 0 Å². The fourth-order valence-corrected chi connectivity index (χ4v) is 4.80. The van der Waals surface area contributed by atoms with Crippen LogP contribution in [0.15, 0.2) is 66.9 Å². The zero-order valence-electron chi connectivity index (χ0n) is 18.6. The number of hydrogen-bond acceptors (Lipinski definition) is 5. The molecule has 1 aliphatic rings. The number of allylic oxidation sites excluding steroid dienone is 1. The van der Waals surface area contributed by atoms with Crippen molar-refractivity contribution in [2.45, 2.75) is 31.4 Å². The molecule has 0 radical (unpaired) electrons. The molecular weight excluding hydrogens is 531 g/mol. The normalized spacial score (nSPS) is 19.8. The highest BCUT2D eigenvalue weighted by Gasteiger charge is 2.51. The molecule has 2 heterocycles. The molecule has 3 atom stereocenters. The number of likely N-dealkylation sites (N-methyl/N-ethyl adjacent to an activating group) is 1. The van der Waals surface area contributed by atoms with Gasteiger partial charge >= 0.3 is 0 Å². The Labute approximate surface area is 206 Å². The van der Waals surface area contributed by atoms with E-state index in [1.165, 1.54) is 4.90 Å². The molecule has 1 unspecified atom stereocenters. The Morgan fingerprint density at radius 3 is 2.70 bits per heavy atom. The van der Waals surface area contributed by atoms with Crippen LogP contribution >= 0.6 is 22.6 Å². The summed E-state index contributed by atoms with van der Waals surface area (Å²) in [5, 5.41) is 29.7. The molecule has 2 aromatic carbocycles. The van der Waals surface area contributed by atoms with Crippen LogP contribution in [0.2, 0.25) is 0 Å². The Bertz CT molecular complexity index is 1160. The van der Waals surface area contributed by atoms with Gasteiger partial charge in [-0.1, -0.05) is 54.6 Å². The minimum atomic E-state index is -1.58. The number of carbonyl (C=O) groups excluding carboxylic acids is 1. The quantitative estimate of drug-likeness (QED) is 0.327. The van der Waals surface area contributed by atoms with Crippen LogP contribution in [0.1, 0.15) is 36.1 Å². The summed E-state index contributed by atoms with van der Waals surface area (Å²) in [6, 6.07) is 15.4. The van der Waals surface area contributed by atoms with Crippen molar-refractivity contribution in [3.05, 3.63) is 87.3 Å². The van der Waals surface area contributed by atoms with Gasteiger partial charge < -0.3 is 15.1 Å². The number of carbonyl (C=O) groups is 1. The molecule has 4 rings (SSSR count). The largest absolute Gasteiger partial charge is 0.395 e. The number of aryl methyl sites for hydroxylation is 1. The van der Waals surface area contributed by atoms with Crippen LogP contribution in [0.5, 0.6) is 0 Å². The Morgan fingerprint density at radius 1 is 1.21 bits per heavy atom. The number of rotatable bonds is 8. The summed E-state index contributed by atoms with van der Waals surface area (Å²) in [7, 11) is 1.69. The van der Waals surface area contributed by atoms with Gasteiger partial charge in [-0.2, -0.15) is 0 Å². The van der Waals surface area contributed by atoms with Gasteiger partial charge in [-0.25, -0.2) is 0 Å². The minimum Gasteiger partial charge on any atom is -0.395 e. The fraction of sp³-hybridized carbons (Fsp3) is 0.320. The van der Waals surface area contributed by atoms with Crippen molar-refractivity contribution in [3.8, 4) is 0 Å². The van der Waals surface area contributed by atoms with Crippen molar-refractivity contribution in [1.29, 1.82) is 0 Å². The minimum absolute atomic E-state index is 0.0401. The van der Waals surface area contributed by atoms with Gasteiger partial charge in [0.15, 0.2) is 5.60 Å². The number of hydrogen-bond donors (Lipinski definition) is 2. The smallest absolute Gasteiger partial charge is 0.264 e. The molecule has 0 aliphatic carbocycles. The number of nitrogens with zero attached hydrogens (tertiary/aromatic N) is 4. The lowest BCUT2D eigenvalue weighted by molar-refractivity contribution is -0.139. The number of benzene rings is 2. The highest BCUT2D eigenvalue weighted by atomic mass is 127. The van der Waals surface area contributed by atoms with E-state index in [0.29, 0.717) is 18.5 Å². The Hall–Kier alpha value is -2.56. The molecule has 172 valence electrons. The summed E-state index contributed by atoms with van der Waals surface area (Å²) in [6.45, 7) is 2.42. The Morgan fingerprint density at radius 2 is 1.97 bits per heavy atom. The molecular formula is C25H27IN4O3. The molecule has 3 aromatic rings. The lowest BCUT2D eigenvalue weighted by Crippen LogP contribution is -2.43. The first-order chi connectivity index (χ1) is 15.9. The molecule has 0 saturated carbocycles. The number of anilines is 1. The molecule has 33 heavy (non-hydrogen) atoms. The third-order valence-electron chi connectivity index (χ3n) is 6.27. The van der Waals surface area contributed by atoms with E-state index in [0.717, 1.165) is 20.5 Å². The van der Waals surface area contributed by atoms with E-state index in [-0.39, 0.29) is 18.4 Å². The molecule has 2 N–H and O–H groups in total. The maximum Gasteiger partial charge on any atom is 0.264 e. The van der Waals surface area contributed by atoms with Gasteiger partial charge in [-0.3, -0.25) is 9.48 Å². The summed E-state index contributed by atoms with van der Waals surface area (Å²) >= 11 is 2.19. The van der Waals surface area contributed by atoms with Crippen LogP contribution in [0.4, 0.5) is 5.69 Å². The third kappa shape index (κ3) is 4.47. The average molecular weight is 558 g/mol. The number of aliphatic hydroxyl groups excluding tert-OH is 1. The first kappa shape index (κ1) is 23.6. The van der Waals surface area contributed by atoms with Crippen molar-refractivity contribution in [3.63, 3.8) is 0 Å². The van der Waals surface area contributed by atoms with Crippen molar-refractivity contribution in [2.24, 2.45) is 5.92 Å². The molecule has 1 amide bonds. The van der Waals surface area contributed by atoms with E-state index in [9.17, 15) is 15.0 Å². The number of aliphatic hydroxyl groups is 2. The molecule has 1 aromatic heterocycles. The second-order valence-corrected chi connectivity index (χ2v) is 9.60. The second kappa shape index (κ2) is 9.74. The highest BCUT2D eigenvalue weighted by Crippen LogP contribution is 2.45. The van der Waals surface area contributed by atoms with E-state index >= 15 is 0 Å². The predicted molar refractivity (Wildman–Crippen MR) is 135 cm³/mol. The first-order valence-electron chi connectivity index (χ1n) is 10.9. The number of amides is 1.